The molecule has 3 rings (SSSR count). The van der Waals surface area contributed by atoms with E-state index >= 15 is 0 Å². The summed E-state index contributed by atoms with van der Waals surface area (Å²) >= 11 is 1.42. The largest absolute Gasteiger partial charge is 0.481 e. The fraction of sp³-hybridized carbons (Fsp3) is 0.385. The Morgan fingerprint density at radius 2 is 1.63 bits per heavy atom. The molecule has 1 aromatic carbocycles. The number of para-hydroxylation sites is 1. The smallest absolute Gasteiger partial charge is 0.326 e. The summed E-state index contributed by atoms with van der Waals surface area (Å²) in [5.74, 6) is -4.35. The lowest BCUT2D eigenvalue weighted by Crippen LogP contribution is -2.58. The van der Waals surface area contributed by atoms with E-state index in [0.717, 1.165) is 10.9 Å². The second kappa shape index (κ2) is 14.9. The van der Waals surface area contributed by atoms with Crippen molar-refractivity contribution < 1.29 is 34.2 Å². The van der Waals surface area contributed by atoms with Crippen molar-refractivity contribution in [2.24, 2.45) is 5.73 Å². The van der Waals surface area contributed by atoms with E-state index in [9.17, 15) is 29.1 Å². The monoisotopic (exact) mass is 587 g/mol. The van der Waals surface area contributed by atoms with Crippen LogP contribution in [-0.4, -0.2) is 91.0 Å². The fourth-order valence-electron chi connectivity index (χ4n) is 4.15. The lowest BCUT2D eigenvalue weighted by molar-refractivity contribution is -0.142. The minimum Gasteiger partial charge on any atom is -0.481 e. The first kappa shape index (κ1) is 31.2. The number of aliphatic carboxylic acids is 2. The van der Waals surface area contributed by atoms with Gasteiger partial charge in [0.1, 0.15) is 18.1 Å². The number of aromatic nitrogens is 3. The number of nitrogens with one attached hydrogen (secondary N) is 5. The third-order valence-corrected chi connectivity index (χ3v) is 6.94. The Morgan fingerprint density at radius 3 is 2.29 bits per heavy atom. The Balaban J connectivity index is 1.77. The summed E-state index contributed by atoms with van der Waals surface area (Å²) in [6.45, 7) is 0. The van der Waals surface area contributed by atoms with Crippen LogP contribution in [-0.2, 0) is 36.8 Å². The van der Waals surface area contributed by atoms with Crippen LogP contribution in [0.5, 0.6) is 0 Å². The molecule has 0 aliphatic heterocycles. The van der Waals surface area contributed by atoms with Gasteiger partial charge in [-0.05, 0) is 30.1 Å². The molecule has 0 bridgehead atoms. The fourth-order valence-corrected chi connectivity index (χ4v) is 4.63. The quantitative estimate of drug-likeness (QED) is 0.110. The number of carbonyl (C=O) groups excluding carboxylic acids is 3. The van der Waals surface area contributed by atoms with Gasteiger partial charge < -0.3 is 41.9 Å². The third kappa shape index (κ3) is 9.08. The summed E-state index contributed by atoms with van der Waals surface area (Å²) < 4.78 is 0. The molecule has 220 valence electrons. The van der Waals surface area contributed by atoms with Crippen LogP contribution in [0.1, 0.15) is 24.1 Å². The number of thioether (sulfide) groups is 1. The molecule has 0 aliphatic rings. The lowest BCUT2D eigenvalue weighted by Gasteiger charge is -2.25. The number of benzene rings is 1. The van der Waals surface area contributed by atoms with Crippen LogP contribution in [0, 0.1) is 0 Å². The van der Waals surface area contributed by atoms with Crippen LogP contribution in [0.2, 0.25) is 0 Å². The van der Waals surface area contributed by atoms with Crippen molar-refractivity contribution in [3.8, 4) is 0 Å². The molecule has 15 heteroatoms. The number of carboxylic acids is 2. The Labute approximate surface area is 239 Å². The summed E-state index contributed by atoms with van der Waals surface area (Å²) in [4.78, 5) is 72.0. The van der Waals surface area contributed by atoms with Gasteiger partial charge in [-0.25, -0.2) is 9.78 Å². The Morgan fingerprint density at radius 1 is 0.951 bits per heavy atom. The van der Waals surface area contributed by atoms with Crippen LogP contribution in [0.4, 0.5) is 0 Å². The van der Waals surface area contributed by atoms with Gasteiger partial charge in [0.25, 0.3) is 0 Å². The highest BCUT2D eigenvalue weighted by Crippen LogP contribution is 2.19. The molecule has 0 saturated carbocycles. The SMILES string of the molecule is CSCCC(NC(=O)C(N)CC(=O)O)C(=O)NC(Cc1cnc[nH]1)C(=O)NC(Cc1c[nH]c2ccccc12)C(=O)O. The van der Waals surface area contributed by atoms with E-state index in [-0.39, 0.29) is 19.3 Å². The minimum atomic E-state index is -1.37. The van der Waals surface area contributed by atoms with E-state index in [4.69, 9.17) is 10.8 Å². The summed E-state index contributed by atoms with van der Waals surface area (Å²) in [5.41, 5.74) is 7.66. The molecule has 2 aromatic heterocycles. The topological polar surface area (TPSA) is 232 Å². The lowest BCUT2D eigenvalue weighted by atomic mass is 10.0. The number of nitrogens with zero attached hydrogens (tertiary/aromatic N) is 1. The minimum absolute atomic E-state index is 0.0102. The van der Waals surface area contributed by atoms with Crippen molar-refractivity contribution in [2.45, 2.75) is 49.9 Å². The van der Waals surface area contributed by atoms with Gasteiger partial charge in [0, 0.05) is 41.8 Å². The zero-order valence-electron chi connectivity index (χ0n) is 22.3. The average molecular weight is 588 g/mol. The molecule has 4 unspecified atom stereocenters. The zero-order valence-corrected chi connectivity index (χ0v) is 23.1. The number of rotatable bonds is 16. The van der Waals surface area contributed by atoms with E-state index in [1.54, 1.807) is 12.5 Å². The number of carboxylic acid groups (broad SMARTS) is 2. The number of H-pyrrole nitrogens is 2. The maximum Gasteiger partial charge on any atom is 0.326 e. The van der Waals surface area contributed by atoms with Crippen LogP contribution >= 0.6 is 11.8 Å². The summed E-state index contributed by atoms with van der Waals surface area (Å²) in [5, 5.41) is 27.2. The average Bonchev–Trinajstić information content (AvgIpc) is 3.59. The van der Waals surface area contributed by atoms with Gasteiger partial charge in [-0.1, -0.05) is 18.2 Å². The number of nitrogens with two attached hydrogens (primary N) is 1. The van der Waals surface area contributed by atoms with Crippen LogP contribution < -0.4 is 21.7 Å². The second-order valence-electron chi connectivity index (χ2n) is 9.35. The molecule has 3 amide bonds. The second-order valence-corrected chi connectivity index (χ2v) is 10.3. The highest BCUT2D eigenvalue weighted by molar-refractivity contribution is 7.98. The molecule has 14 nitrogen and oxygen atoms in total. The highest BCUT2D eigenvalue weighted by Gasteiger charge is 2.31. The first-order valence-corrected chi connectivity index (χ1v) is 14.1. The van der Waals surface area contributed by atoms with Gasteiger partial charge in [-0.15, -0.1) is 0 Å². The summed E-state index contributed by atoms with van der Waals surface area (Å²) in [7, 11) is 0. The van der Waals surface area contributed by atoms with Gasteiger partial charge in [0.15, 0.2) is 0 Å². The first-order valence-electron chi connectivity index (χ1n) is 12.7. The molecular formula is C26H33N7O7S. The maximum atomic E-state index is 13.4. The van der Waals surface area contributed by atoms with E-state index < -0.39 is 60.2 Å². The number of carbonyl (C=O) groups is 5. The molecule has 0 aliphatic carbocycles. The van der Waals surface area contributed by atoms with E-state index in [1.807, 2.05) is 24.3 Å². The molecule has 0 radical (unpaired) electrons. The van der Waals surface area contributed by atoms with Crippen LogP contribution in [0.25, 0.3) is 10.9 Å². The Bertz CT molecular complexity index is 1360. The van der Waals surface area contributed by atoms with Crippen molar-refractivity contribution >= 4 is 52.3 Å². The molecule has 4 atom stereocenters. The van der Waals surface area contributed by atoms with Gasteiger partial charge in [0.05, 0.1) is 18.8 Å². The predicted octanol–water partition coefficient (Wildman–Crippen LogP) is -0.230. The van der Waals surface area contributed by atoms with Crippen molar-refractivity contribution in [3.05, 3.63) is 54.2 Å². The summed E-state index contributed by atoms with van der Waals surface area (Å²) in [6, 6.07) is 2.34. The first-order chi connectivity index (χ1) is 19.6. The number of fused-ring (bicyclic) bond motifs is 1. The van der Waals surface area contributed by atoms with Gasteiger partial charge in [-0.2, -0.15) is 11.8 Å². The molecule has 0 saturated heterocycles. The molecule has 41 heavy (non-hydrogen) atoms. The normalized spacial score (nSPS) is 14.0. The molecule has 3 aromatic rings. The van der Waals surface area contributed by atoms with Crippen molar-refractivity contribution in [3.63, 3.8) is 0 Å². The molecule has 9 N–H and O–H groups in total. The van der Waals surface area contributed by atoms with Gasteiger partial charge in [0.2, 0.25) is 17.7 Å². The highest BCUT2D eigenvalue weighted by atomic mass is 32.2. The van der Waals surface area contributed by atoms with Crippen molar-refractivity contribution in [1.82, 2.24) is 30.9 Å². The number of amides is 3. The number of imidazole rings is 1. The Kier molecular flexibility index (Phi) is 11.3. The van der Waals surface area contributed by atoms with Crippen LogP contribution in [0.15, 0.2) is 43.0 Å². The van der Waals surface area contributed by atoms with E-state index in [0.29, 0.717) is 17.0 Å². The standard InChI is InChI=1S/C26H33N7O7S/c1-41-7-6-19(31-23(36)17(27)10-22(34)35)24(37)32-20(9-15-12-28-13-30-15)25(38)33-21(26(39)40)8-14-11-29-18-5-3-2-4-16(14)18/h2-5,11-13,17,19-21,29H,6-10,27H2,1H3,(H,28,30)(H,31,36)(H,32,37)(H,33,38)(H,34,35)(H,39,40). The number of aromatic amines is 2. The van der Waals surface area contributed by atoms with Crippen molar-refractivity contribution in [1.29, 1.82) is 0 Å². The van der Waals surface area contributed by atoms with Crippen LogP contribution in [0.3, 0.4) is 0 Å². The van der Waals surface area contributed by atoms with E-state index in [2.05, 4.69) is 30.9 Å². The zero-order chi connectivity index (χ0) is 29.9. The predicted molar refractivity (Wildman–Crippen MR) is 151 cm³/mol. The van der Waals surface area contributed by atoms with Gasteiger partial charge >= 0.3 is 11.9 Å². The van der Waals surface area contributed by atoms with Gasteiger partial charge in [-0.3, -0.25) is 19.2 Å². The maximum absolute atomic E-state index is 13.4. The van der Waals surface area contributed by atoms with Crippen molar-refractivity contribution in [2.75, 3.05) is 12.0 Å². The molecule has 2 heterocycles. The third-order valence-electron chi connectivity index (χ3n) is 6.30. The Hall–Kier alpha value is -4.37. The number of hydrogen-bond donors (Lipinski definition) is 8. The molecule has 0 fully saturated rings. The van der Waals surface area contributed by atoms with E-state index in [1.165, 1.54) is 24.3 Å². The molecule has 0 spiro atoms. The molecular weight excluding hydrogens is 554 g/mol. The number of hydrogen-bond acceptors (Lipinski definition) is 8. The summed E-state index contributed by atoms with van der Waals surface area (Å²) in [6.07, 6.45) is 5.85.